The summed E-state index contributed by atoms with van der Waals surface area (Å²) < 4.78 is 0. The summed E-state index contributed by atoms with van der Waals surface area (Å²) >= 11 is 0. The van der Waals surface area contributed by atoms with Gasteiger partial charge in [0.25, 0.3) is 0 Å². The molecular weight excluding hydrogens is 120 g/mol. The predicted molar refractivity (Wildman–Crippen MR) is 46.7 cm³/mol. The fraction of sp³-hybridized carbons (Fsp3) is 0.600. The second-order valence-electron chi connectivity index (χ2n) is 2.46. The maximum Gasteiger partial charge on any atom is 0.0296 e. The Morgan fingerprint density at radius 2 is 2.20 bits per heavy atom. The summed E-state index contributed by atoms with van der Waals surface area (Å²) in [5.74, 6) is 5.87. The van der Waals surface area contributed by atoms with E-state index in [2.05, 4.69) is 25.3 Å². The Morgan fingerprint density at radius 3 is 2.70 bits per heavy atom. The first-order valence-electron chi connectivity index (χ1n) is 3.87. The number of rotatable bonds is 4. The van der Waals surface area contributed by atoms with Crippen molar-refractivity contribution in [1.82, 2.24) is 0 Å². The normalized spacial score (nSPS) is 8.20. The molecule has 56 valence electrons. The predicted octanol–water partition coefficient (Wildman–Crippen LogP) is 3.15. The molecule has 0 aliphatic rings. The lowest BCUT2D eigenvalue weighted by molar-refractivity contribution is 0.780. The monoisotopic (exact) mass is 136 g/mol. The maximum atomic E-state index is 3.93. The van der Waals surface area contributed by atoms with Crippen LogP contribution in [0.5, 0.6) is 0 Å². The van der Waals surface area contributed by atoms with Gasteiger partial charge in [0, 0.05) is 6.42 Å². The summed E-state index contributed by atoms with van der Waals surface area (Å²) in [6.07, 6.45) is 4.53. The van der Waals surface area contributed by atoms with Crippen molar-refractivity contribution in [2.75, 3.05) is 0 Å². The van der Waals surface area contributed by atoms with Crippen LogP contribution in [0.4, 0.5) is 0 Å². The summed E-state index contributed by atoms with van der Waals surface area (Å²) in [4.78, 5) is 0. The smallest absolute Gasteiger partial charge is 0.0296 e. The highest BCUT2D eigenvalue weighted by Gasteiger charge is 1.88. The Labute approximate surface area is 64.3 Å². The molecule has 0 aromatic heterocycles. The number of unbranched alkanes of at least 4 members (excludes halogenated alkanes) is 1. The second-order valence-corrected chi connectivity index (χ2v) is 2.46. The van der Waals surface area contributed by atoms with Gasteiger partial charge in [-0.15, -0.1) is 5.92 Å². The number of hydrogen-bond donors (Lipinski definition) is 0. The van der Waals surface area contributed by atoms with Crippen molar-refractivity contribution < 1.29 is 0 Å². The van der Waals surface area contributed by atoms with Crippen molar-refractivity contribution in [2.45, 2.75) is 39.5 Å². The van der Waals surface area contributed by atoms with Gasteiger partial charge < -0.3 is 0 Å². The molecule has 0 bridgehead atoms. The molecule has 0 saturated heterocycles. The van der Waals surface area contributed by atoms with Crippen LogP contribution in [0.25, 0.3) is 0 Å². The van der Waals surface area contributed by atoms with Crippen LogP contribution in [0.1, 0.15) is 39.5 Å². The lowest BCUT2D eigenvalue weighted by Crippen LogP contribution is -1.79. The molecule has 0 spiro atoms. The summed E-state index contributed by atoms with van der Waals surface area (Å²) in [6, 6.07) is 0. The van der Waals surface area contributed by atoms with Gasteiger partial charge >= 0.3 is 0 Å². The molecule has 0 heteroatoms. The van der Waals surface area contributed by atoms with E-state index in [0.717, 1.165) is 12.8 Å². The Balaban J connectivity index is 3.31. The van der Waals surface area contributed by atoms with E-state index in [9.17, 15) is 0 Å². The molecule has 0 radical (unpaired) electrons. The molecule has 10 heavy (non-hydrogen) atoms. The van der Waals surface area contributed by atoms with E-state index >= 15 is 0 Å². The van der Waals surface area contributed by atoms with Crippen molar-refractivity contribution in [3.63, 3.8) is 0 Å². The summed E-state index contributed by atoms with van der Waals surface area (Å²) in [6.45, 7) is 7.99. The van der Waals surface area contributed by atoms with Crippen LogP contribution < -0.4 is 0 Å². The maximum absolute atomic E-state index is 3.93. The van der Waals surface area contributed by atoms with E-state index in [-0.39, 0.29) is 0 Å². The summed E-state index contributed by atoms with van der Waals surface area (Å²) in [5, 5.41) is 0. The first-order chi connectivity index (χ1) is 4.81. The van der Waals surface area contributed by atoms with Crippen molar-refractivity contribution in [3.8, 4) is 11.8 Å². The third-order valence-electron chi connectivity index (χ3n) is 1.40. The lowest BCUT2D eigenvalue weighted by Gasteiger charge is -1.97. The molecule has 0 aromatic rings. The molecule has 0 heterocycles. The zero-order valence-electron chi connectivity index (χ0n) is 7.04. The number of hydrogen-bond acceptors (Lipinski definition) is 0. The minimum atomic E-state index is 0.885. The zero-order valence-corrected chi connectivity index (χ0v) is 7.04. The minimum Gasteiger partial charge on any atom is -0.106 e. The zero-order chi connectivity index (χ0) is 7.82. The highest BCUT2D eigenvalue weighted by molar-refractivity contribution is 5.08. The van der Waals surface area contributed by atoms with Crippen molar-refractivity contribution >= 4 is 0 Å². The van der Waals surface area contributed by atoms with Crippen LogP contribution in [0.2, 0.25) is 0 Å². The van der Waals surface area contributed by atoms with Gasteiger partial charge in [-0.05, 0) is 19.8 Å². The Morgan fingerprint density at radius 1 is 1.50 bits per heavy atom. The molecule has 0 atom stereocenters. The van der Waals surface area contributed by atoms with Gasteiger partial charge in [-0.3, -0.25) is 0 Å². The minimum absolute atomic E-state index is 0.885. The quantitative estimate of drug-likeness (QED) is 0.411. The Hall–Kier alpha value is -0.700. The SMILES string of the molecule is C=C(CC#CC)CCCC. The molecule has 0 saturated carbocycles. The van der Waals surface area contributed by atoms with Gasteiger partial charge in [-0.1, -0.05) is 31.4 Å². The third-order valence-corrected chi connectivity index (χ3v) is 1.40. The van der Waals surface area contributed by atoms with Crippen molar-refractivity contribution in [1.29, 1.82) is 0 Å². The van der Waals surface area contributed by atoms with Gasteiger partial charge in [0.2, 0.25) is 0 Å². The summed E-state index contributed by atoms with van der Waals surface area (Å²) in [5.41, 5.74) is 1.27. The molecule has 0 nitrogen and oxygen atoms in total. The van der Waals surface area contributed by atoms with E-state index in [1.54, 1.807) is 0 Å². The van der Waals surface area contributed by atoms with E-state index in [4.69, 9.17) is 0 Å². The van der Waals surface area contributed by atoms with Gasteiger partial charge in [0.1, 0.15) is 0 Å². The van der Waals surface area contributed by atoms with Crippen LogP contribution in [-0.2, 0) is 0 Å². The van der Waals surface area contributed by atoms with Crippen LogP contribution >= 0.6 is 0 Å². The topological polar surface area (TPSA) is 0 Å². The fourth-order valence-electron chi connectivity index (χ4n) is 0.729. The molecule has 0 aliphatic carbocycles. The average molecular weight is 136 g/mol. The van der Waals surface area contributed by atoms with Crippen LogP contribution in [-0.4, -0.2) is 0 Å². The summed E-state index contributed by atoms with van der Waals surface area (Å²) in [7, 11) is 0. The highest BCUT2D eigenvalue weighted by atomic mass is 13.9. The van der Waals surface area contributed by atoms with Crippen LogP contribution in [0.15, 0.2) is 12.2 Å². The molecule has 0 aromatic carbocycles. The van der Waals surface area contributed by atoms with Crippen LogP contribution in [0, 0.1) is 11.8 Å². The fourth-order valence-corrected chi connectivity index (χ4v) is 0.729. The molecule has 0 aliphatic heterocycles. The van der Waals surface area contributed by atoms with Gasteiger partial charge in [0.05, 0.1) is 0 Å². The standard InChI is InChI=1S/C10H16/c1-4-6-8-10(3)9-7-5-2/h3-4,6,8-9H2,1-2H3. The lowest BCUT2D eigenvalue weighted by atomic mass is 10.1. The van der Waals surface area contributed by atoms with E-state index in [1.165, 1.54) is 18.4 Å². The van der Waals surface area contributed by atoms with Crippen molar-refractivity contribution in [2.24, 2.45) is 0 Å². The van der Waals surface area contributed by atoms with Gasteiger partial charge in [-0.25, -0.2) is 0 Å². The first-order valence-corrected chi connectivity index (χ1v) is 3.87. The van der Waals surface area contributed by atoms with Gasteiger partial charge in [-0.2, -0.15) is 0 Å². The van der Waals surface area contributed by atoms with E-state index in [0.29, 0.717) is 0 Å². The van der Waals surface area contributed by atoms with Crippen molar-refractivity contribution in [3.05, 3.63) is 12.2 Å². The van der Waals surface area contributed by atoms with E-state index < -0.39 is 0 Å². The van der Waals surface area contributed by atoms with E-state index in [1.807, 2.05) is 6.92 Å². The van der Waals surface area contributed by atoms with Gasteiger partial charge in [0.15, 0.2) is 0 Å². The largest absolute Gasteiger partial charge is 0.106 e. The molecule has 0 fully saturated rings. The second kappa shape index (κ2) is 6.42. The Bertz CT molecular complexity index is 143. The number of allylic oxidation sites excluding steroid dienone is 1. The third kappa shape index (κ3) is 5.44. The molecule has 0 unspecified atom stereocenters. The molecular formula is C10H16. The highest BCUT2D eigenvalue weighted by Crippen LogP contribution is 2.07. The first kappa shape index (κ1) is 9.30. The molecule has 0 N–H and O–H groups in total. The molecule has 0 rings (SSSR count). The average Bonchev–Trinajstić information content (AvgIpc) is 1.97. The molecule has 0 amide bonds. The Kier molecular flexibility index (Phi) is 5.97. The van der Waals surface area contributed by atoms with Crippen LogP contribution in [0.3, 0.4) is 0 Å².